The molecule has 0 aromatic heterocycles. The predicted molar refractivity (Wildman–Crippen MR) is 97.9 cm³/mol. The number of alkyl halides is 3. The normalized spacial score (nSPS) is 15.0. The van der Waals surface area contributed by atoms with Crippen LogP contribution in [0.2, 0.25) is 0 Å². The van der Waals surface area contributed by atoms with E-state index >= 15 is 0 Å². The molecule has 0 unspecified atom stereocenters. The number of aliphatic hydroxyl groups excluding tert-OH is 1. The van der Waals surface area contributed by atoms with Gasteiger partial charge in [0.15, 0.2) is 5.84 Å². The smallest absolute Gasteiger partial charge is 0.391 e. The minimum Gasteiger partial charge on any atom is -0.391 e. The highest BCUT2D eigenvalue weighted by molar-refractivity contribution is 6.04. The van der Waals surface area contributed by atoms with Gasteiger partial charge in [-0.05, 0) is 50.2 Å². The molecule has 0 saturated carbocycles. The molecule has 0 amide bonds. The van der Waals surface area contributed by atoms with Crippen molar-refractivity contribution in [2.75, 3.05) is 5.32 Å². The van der Waals surface area contributed by atoms with Crippen LogP contribution in [0.25, 0.3) is 0 Å². The van der Waals surface area contributed by atoms with Crippen molar-refractivity contribution in [2.45, 2.75) is 32.2 Å². The molecule has 6 nitrogen and oxygen atoms in total. The van der Waals surface area contributed by atoms with Gasteiger partial charge in [-0.25, -0.2) is 0 Å². The lowest BCUT2D eigenvalue weighted by atomic mass is 10.1. The average molecular weight is 379 g/mol. The first-order valence-electron chi connectivity index (χ1n) is 8.13. The van der Waals surface area contributed by atoms with E-state index in [4.69, 9.17) is 5.84 Å². The van der Waals surface area contributed by atoms with Crippen molar-refractivity contribution < 1.29 is 18.3 Å². The molecule has 9 heteroatoms. The molecule has 0 fully saturated rings. The molecule has 2 atom stereocenters. The second-order valence-electron chi connectivity index (χ2n) is 5.90. The second kappa shape index (κ2) is 8.63. The summed E-state index contributed by atoms with van der Waals surface area (Å²) in [6.45, 7) is 3.31. The van der Waals surface area contributed by atoms with Crippen LogP contribution < -0.4 is 11.2 Å². The summed E-state index contributed by atoms with van der Waals surface area (Å²) in [4.78, 5) is 4.32. The van der Waals surface area contributed by atoms with Gasteiger partial charge in [-0.1, -0.05) is 17.4 Å². The van der Waals surface area contributed by atoms with Crippen molar-refractivity contribution in [2.24, 2.45) is 21.2 Å². The zero-order valence-corrected chi connectivity index (χ0v) is 14.8. The maximum Gasteiger partial charge on any atom is 0.416 e. The Kier molecular flexibility index (Phi) is 6.51. The summed E-state index contributed by atoms with van der Waals surface area (Å²) in [6, 6.07) is 11.1. The van der Waals surface area contributed by atoms with Crippen LogP contribution >= 0.6 is 0 Å². The van der Waals surface area contributed by atoms with Gasteiger partial charge in [-0.2, -0.15) is 13.2 Å². The number of amidine groups is 1. The highest BCUT2D eigenvalue weighted by Crippen LogP contribution is 2.31. The molecular formula is C18H20F3N5O. The standard InChI is InChI=1S/C18H20F3N5O/c1-11(12(2)27)23-17(25-26-22)15-5-3-4-6-16(15)24-14-9-7-13(8-10-14)18(19,20)21/h3-12,24,27H,1-2H3,(H2,22,23,25)/t11-,12+/m0/s1. The Labute approximate surface area is 154 Å². The lowest BCUT2D eigenvalue weighted by molar-refractivity contribution is -0.137. The van der Waals surface area contributed by atoms with E-state index in [9.17, 15) is 18.3 Å². The summed E-state index contributed by atoms with van der Waals surface area (Å²) >= 11 is 0. The number of hydrogen-bond donors (Lipinski definition) is 3. The molecule has 2 aromatic rings. The van der Waals surface area contributed by atoms with Gasteiger partial charge in [-0.3, -0.25) is 4.99 Å². The van der Waals surface area contributed by atoms with E-state index in [0.29, 0.717) is 16.9 Å². The molecule has 2 rings (SSSR count). The third-order valence-electron chi connectivity index (χ3n) is 3.84. The Morgan fingerprint density at radius 3 is 2.26 bits per heavy atom. The van der Waals surface area contributed by atoms with Gasteiger partial charge in [0.1, 0.15) is 0 Å². The fraction of sp³-hybridized carbons (Fsp3) is 0.278. The SMILES string of the molecule is C[C@H](N=C(N=NN)c1ccccc1Nc1ccc(C(F)(F)F)cc1)[C@@H](C)O. The molecule has 0 heterocycles. The molecule has 0 aliphatic carbocycles. The largest absolute Gasteiger partial charge is 0.416 e. The zero-order valence-electron chi connectivity index (χ0n) is 14.8. The summed E-state index contributed by atoms with van der Waals surface area (Å²) in [5.41, 5.74) is 0.828. The zero-order chi connectivity index (χ0) is 20.0. The fourth-order valence-electron chi connectivity index (χ4n) is 2.19. The van der Waals surface area contributed by atoms with Crippen molar-refractivity contribution in [3.63, 3.8) is 0 Å². The number of aliphatic imine (C=N–C) groups is 1. The summed E-state index contributed by atoms with van der Waals surface area (Å²) in [6.07, 6.45) is -5.10. The number of aliphatic hydroxyl groups is 1. The highest BCUT2D eigenvalue weighted by atomic mass is 19.4. The summed E-state index contributed by atoms with van der Waals surface area (Å²) in [5, 5.41) is 19.8. The maximum atomic E-state index is 12.7. The first kappa shape index (κ1) is 20.4. The number of hydrogen-bond acceptors (Lipinski definition) is 4. The van der Waals surface area contributed by atoms with Crippen LogP contribution in [-0.2, 0) is 6.18 Å². The molecule has 0 bridgehead atoms. The number of nitrogens with two attached hydrogens (primary N) is 1. The molecule has 0 spiro atoms. The first-order chi connectivity index (χ1) is 12.7. The van der Waals surface area contributed by atoms with Crippen molar-refractivity contribution in [1.29, 1.82) is 0 Å². The van der Waals surface area contributed by atoms with Crippen LogP contribution in [0.5, 0.6) is 0 Å². The van der Waals surface area contributed by atoms with Crippen LogP contribution in [0.1, 0.15) is 25.0 Å². The number of rotatable bonds is 5. The highest BCUT2D eigenvalue weighted by Gasteiger charge is 2.29. The number of para-hydroxylation sites is 1. The van der Waals surface area contributed by atoms with Crippen LogP contribution in [0.4, 0.5) is 24.5 Å². The van der Waals surface area contributed by atoms with Gasteiger partial charge >= 0.3 is 6.18 Å². The van der Waals surface area contributed by atoms with Crippen molar-refractivity contribution in [1.82, 2.24) is 0 Å². The molecule has 144 valence electrons. The third-order valence-corrected chi connectivity index (χ3v) is 3.84. The van der Waals surface area contributed by atoms with Gasteiger partial charge in [0.25, 0.3) is 0 Å². The summed E-state index contributed by atoms with van der Waals surface area (Å²) in [7, 11) is 0. The second-order valence-corrected chi connectivity index (χ2v) is 5.90. The summed E-state index contributed by atoms with van der Waals surface area (Å²) in [5.74, 6) is 5.36. The van der Waals surface area contributed by atoms with Gasteiger partial charge in [0, 0.05) is 16.9 Å². The van der Waals surface area contributed by atoms with Gasteiger partial charge < -0.3 is 16.3 Å². The van der Waals surface area contributed by atoms with Gasteiger partial charge in [0.05, 0.1) is 17.7 Å². The number of benzene rings is 2. The van der Waals surface area contributed by atoms with E-state index in [1.54, 1.807) is 38.1 Å². The Morgan fingerprint density at radius 2 is 1.70 bits per heavy atom. The van der Waals surface area contributed by atoms with E-state index in [2.05, 4.69) is 20.6 Å². The van der Waals surface area contributed by atoms with Gasteiger partial charge in [-0.15, -0.1) is 5.11 Å². The Morgan fingerprint density at radius 1 is 1.07 bits per heavy atom. The number of nitrogens with zero attached hydrogens (tertiary/aromatic N) is 3. The van der Waals surface area contributed by atoms with Crippen LogP contribution in [0, 0.1) is 0 Å². The van der Waals surface area contributed by atoms with Crippen LogP contribution in [0.15, 0.2) is 63.9 Å². The fourth-order valence-corrected chi connectivity index (χ4v) is 2.19. The lowest BCUT2D eigenvalue weighted by Crippen LogP contribution is -2.19. The monoisotopic (exact) mass is 379 g/mol. The maximum absolute atomic E-state index is 12.7. The van der Waals surface area contributed by atoms with E-state index < -0.39 is 23.9 Å². The van der Waals surface area contributed by atoms with Crippen molar-refractivity contribution in [3.05, 3.63) is 59.7 Å². The molecule has 27 heavy (non-hydrogen) atoms. The predicted octanol–water partition coefficient (Wildman–Crippen LogP) is 4.29. The molecule has 0 aliphatic heterocycles. The Hall–Kier alpha value is -2.94. The molecule has 0 radical (unpaired) electrons. The quantitative estimate of drug-likeness (QED) is 0.238. The number of halogens is 3. The number of nitrogens with one attached hydrogen (secondary N) is 1. The molecule has 4 N–H and O–H groups in total. The lowest BCUT2D eigenvalue weighted by Gasteiger charge is -2.15. The number of anilines is 2. The topological polar surface area (TPSA) is 95.4 Å². The minimum absolute atomic E-state index is 0.195. The molecule has 2 aromatic carbocycles. The van der Waals surface area contributed by atoms with Crippen molar-refractivity contribution >= 4 is 17.2 Å². The van der Waals surface area contributed by atoms with Crippen molar-refractivity contribution in [3.8, 4) is 0 Å². The summed E-state index contributed by atoms with van der Waals surface area (Å²) < 4.78 is 38.1. The molecule has 0 saturated heterocycles. The van der Waals surface area contributed by atoms with Gasteiger partial charge in [0.2, 0.25) is 0 Å². The van der Waals surface area contributed by atoms with Crippen LogP contribution in [-0.4, -0.2) is 23.1 Å². The van der Waals surface area contributed by atoms with Crippen LogP contribution in [0.3, 0.4) is 0 Å². The van der Waals surface area contributed by atoms with E-state index in [0.717, 1.165) is 12.1 Å². The third kappa shape index (κ3) is 5.52. The minimum atomic E-state index is -4.39. The molecular weight excluding hydrogens is 359 g/mol. The average Bonchev–Trinajstić information content (AvgIpc) is 2.61. The Bertz CT molecular complexity index is 816. The molecule has 0 aliphatic rings. The Balaban J connectivity index is 2.37. The van der Waals surface area contributed by atoms with E-state index in [-0.39, 0.29) is 5.84 Å². The first-order valence-corrected chi connectivity index (χ1v) is 8.13. The van der Waals surface area contributed by atoms with E-state index in [1.165, 1.54) is 12.1 Å². The van der Waals surface area contributed by atoms with E-state index in [1.807, 2.05) is 0 Å².